The highest BCUT2D eigenvalue weighted by atomic mass is 16.4. The van der Waals surface area contributed by atoms with Crippen LogP contribution in [-0.2, 0) is 0 Å². The lowest BCUT2D eigenvalue weighted by atomic mass is 10.0. The van der Waals surface area contributed by atoms with Crippen molar-refractivity contribution in [3.8, 4) is 0 Å². The highest BCUT2D eigenvalue weighted by Gasteiger charge is 2.23. The van der Waals surface area contributed by atoms with Crippen LogP contribution in [0.2, 0.25) is 0 Å². The Balaban J connectivity index is 2.03. The summed E-state index contributed by atoms with van der Waals surface area (Å²) in [4.78, 5) is 25.0. The van der Waals surface area contributed by atoms with Crippen molar-refractivity contribution in [3.63, 3.8) is 0 Å². The summed E-state index contributed by atoms with van der Waals surface area (Å²) >= 11 is 0. The van der Waals surface area contributed by atoms with Gasteiger partial charge in [0.2, 0.25) is 0 Å². The Labute approximate surface area is 143 Å². The van der Waals surface area contributed by atoms with Crippen LogP contribution in [-0.4, -0.2) is 21.6 Å². The Morgan fingerprint density at radius 1 is 0.840 bits per heavy atom. The number of fused-ring (bicyclic) bond motifs is 2. The zero-order valence-corrected chi connectivity index (χ0v) is 13.6. The maximum absolute atomic E-state index is 13.3. The highest BCUT2D eigenvalue weighted by Crippen LogP contribution is 2.28. The third kappa shape index (κ3) is 2.22. The number of benzene rings is 3. The molecule has 0 aliphatic heterocycles. The number of carbonyl (C=O) groups is 2. The molecule has 0 aliphatic carbocycles. The van der Waals surface area contributed by atoms with Gasteiger partial charge in [-0.2, -0.15) is 0 Å². The van der Waals surface area contributed by atoms with Crippen molar-refractivity contribution in [3.05, 3.63) is 83.6 Å². The topological polar surface area (TPSA) is 59.3 Å². The van der Waals surface area contributed by atoms with Crippen LogP contribution in [0.1, 0.15) is 26.4 Å². The number of para-hydroxylation sites is 1. The van der Waals surface area contributed by atoms with E-state index in [1.807, 2.05) is 36.4 Å². The van der Waals surface area contributed by atoms with Gasteiger partial charge in [-0.1, -0.05) is 54.6 Å². The Morgan fingerprint density at radius 2 is 1.48 bits per heavy atom. The number of nitrogens with zero attached hydrogens (tertiary/aromatic N) is 1. The first-order valence-electron chi connectivity index (χ1n) is 7.95. The van der Waals surface area contributed by atoms with Crippen molar-refractivity contribution in [1.29, 1.82) is 0 Å². The molecule has 0 fully saturated rings. The van der Waals surface area contributed by atoms with Crippen LogP contribution >= 0.6 is 0 Å². The van der Waals surface area contributed by atoms with Crippen LogP contribution in [0.3, 0.4) is 0 Å². The number of hydrogen-bond acceptors (Lipinski definition) is 2. The number of carboxylic acid groups (broad SMARTS) is 1. The number of aromatic carboxylic acids is 1. The van der Waals surface area contributed by atoms with Crippen LogP contribution < -0.4 is 0 Å². The molecule has 0 saturated carbocycles. The van der Waals surface area contributed by atoms with E-state index in [-0.39, 0.29) is 11.5 Å². The van der Waals surface area contributed by atoms with Crippen LogP contribution in [0.5, 0.6) is 0 Å². The maximum Gasteiger partial charge on any atom is 0.338 e. The fraction of sp³-hybridized carbons (Fsp3) is 0.0476. The summed E-state index contributed by atoms with van der Waals surface area (Å²) in [6.07, 6.45) is 0. The average molecular weight is 329 g/mol. The molecule has 25 heavy (non-hydrogen) atoms. The molecular weight excluding hydrogens is 314 g/mol. The van der Waals surface area contributed by atoms with Gasteiger partial charge in [-0.25, -0.2) is 4.79 Å². The number of carboxylic acids is 1. The summed E-state index contributed by atoms with van der Waals surface area (Å²) < 4.78 is 1.50. The maximum atomic E-state index is 13.3. The minimum atomic E-state index is -1.03. The van der Waals surface area contributed by atoms with Gasteiger partial charge in [-0.05, 0) is 29.8 Å². The molecule has 4 heteroatoms. The van der Waals surface area contributed by atoms with E-state index in [1.165, 1.54) is 4.57 Å². The predicted molar refractivity (Wildman–Crippen MR) is 97.3 cm³/mol. The van der Waals surface area contributed by atoms with Gasteiger partial charge in [0.05, 0.1) is 11.1 Å². The zero-order valence-electron chi connectivity index (χ0n) is 13.6. The molecule has 0 spiro atoms. The molecule has 0 radical (unpaired) electrons. The smallest absolute Gasteiger partial charge is 0.338 e. The van der Waals surface area contributed by atoms with Crippen molar-refractivity contribution < 1.29 is 14.7 Å². The first-order chi connectivity index (χ1) is 12.1. The van der Waals surface area contributed by atoms with Crippen molar-refractivity contribution in [2.24, 2.45) is 0 Å². The number of rotatable bonds is 2. The van der Waals surface area contributed by atoms with Crippen molar-refractivity contribution >= 4 is 33.6 Å². The summed E-state index contributed by atoms with van der Waals surface area (Å²) in [6.45, 7) is 1.67. The van der Waals surface area contributed by atoms with Crippen LogP contribution in [0.4, 0.5) is 0 Å². The van der Waals surface area contributed by atoms with Gasteiger partial charge in [0.1, 0.15) is 0 Å². The predicted octanol–water partition coefficient (Wildman–Crippen LogP) is 4.49. The summed E-state index contributed by atoms with van der Waals surface area (Å²) in [6, 6.07) is 20.3. The average Bonchev–Trinajstić information content (AvgIpc) is 2.92. The fourth-order valence-corrected chi connectivity index (χ4v) is 3.43. The molecule has 0 amide bonds. The lowest BCUT2D eigenvalue weighted by Crippen LogP contribution is -2.14. The molecule has 1 N–H and O–H groups in total. The van der Waals surface area contributed by atoms with Gasteiger partial charge in [-0.15, -0.1) is 0 Å². The molecule has 4 rings (SSSR count). The Kier molecular flexibility index (Phi) is 3.39. The minimum Gasteiger partial charge on any atom is -0.478 e. The largest absolute Gasteiger partial charge is 0.478 e. The molecule has 0 aliphatic rings. The first-order valence-corrected chi connectivity index (χ1v) is 7.95. The molecule has 3 aromatic carbocycles. The van der Waals surface area contributed by atoms with Gasteiger partial charge in [0.15, 0.2) is 0 Å². The van der Waals surface area contributed by atoms with Crippen molar-refractivity contribution in [2.45, 2.75) is 6.92 Å². The number of carbonyl (C=O) groups excluding carboxylic acids is 1. The van der Waals surface area contributed by atoms with Crippen molar-refractivity contribution in [1.82, 2.24) is 4.57 Å². The Hall–Kier alpha value is -3.40. The Bertz CT molecular complexity index is 1150. The highest BCUT2D eigenvalue weighted by molar-refractivity contribution is 6.14. The number of aromatic nitrogens is 1. The molecule has 4 nitrogen and oxygen atoms in total. The quantitative estimate of drug-likeness (QED) is 0.589. The van der Waals surface area contributed by atoms with E-state index < -0.39 is 5.97 Å². The summed E-state index contributed by atoms with van der Waals surface area (Å²) in [5.41, 5.74) is 1.77. The van der Waals surface area contributed by atoms with Crippen LogP contribution in [0.25, 0.3) is 21.7 Å². The molecule has 0 saturated heterocycles. The van der Waals surface area contributed by atoms with Gasteiger partial charge in [0.25, 0.3) is 5.91 Å². The van der Waals surface area contributed by atoms with Gasteiger partial charge < -0.3 is 5.11 Å². The molecule has 122 valence electrons. The molecule has 0 bridgehead atoms. The Morgan fingerprint density at radius 3 is 2.24 bits per heavy atom. The third-order valence-electron chi connectivity index (χ3n) is 4.55. The third-order valence-corrected chi connectivity index (χ3v) is 4.55. The van der Waals surface area contributed by atoms with Gasteiger partial charge in [0, 0.05) is 16.6 Å². The fourth-order valence-electron chi connectivity index (χ4n) is 3.43. The van der Waals surface area contributed by atoms with E-state index in [9.17, 15) is 14.7 Å². The van der Waals surface area contributed by atoms with Crippen LogP contribution in [0.15, 0.2) is 66.7 Å². The SMILES string of the molecule is Cc1c(C(=O)O)c2ccccc2n1C(=O)c1cccc2ccccc12. The van der Waals surface area contributed by atoms with Gasteiger partial charge in [-0.3, -0.25) is 9.36 Å². The van der Waals surface area contributed by atoms with E-state index in [4.69, 9.17) is 0 Å². The summed E-state index contributed by atoms with van der Waals surface area (Å²) in [5.74, 6) is -1.25. The normalized spacial score (nSPS) is 11.1. The van der Waals surface area contributed by atoms with E-state index in [0.717, 1.165) is 10.8 Å². The second-order valence-corrected chi connectivity index (χ2v) is 5.95. The van der Waals surface area contributed by atoms with Gasteiger partial charge >= 0.3 is 5.97 Å². The first kappa shape index (κ1) is 15.1. The summed E-state index contributed by atoms with van der Waals surface area (Å²) in [5, 5.41) is 12.0. The second kappa shape index (κ2) is 5.60. The van der Waals surface area contributed by atoms with E-state index in [0.29, 0.717) is 22.2 Å². The van der Waals surface area contributed by atoms with E-state index >= 15 is 0 Å². The molecule has 4 aromatic rings. The molecule has 0 atom stereocenters. The molecule has 0 unspecified atom stereocenters. The minimum absolute atomic E-state index is 0.171. The molecular formula is C21H15NO3. The van der Waals surface area contributed by atoms with Crippen molar-refractivity contribution in [2.75, 3.05) is 0 Å². The number of hydrogen-bond donors (Lipinski definition) is 1. The lowest BCUT2D eigenvalue weighted by Gasteiger charge is -2.10. The van der Waals surface area contributed by atoms with E-state index in [1.54, 1.807) is 37.3 Å². The monoisotopic (exact) mass is 329 g/mol. The second-order valence-electron chi connectivity index (χ2n) is 5.95. The standard InChI is InChI=1S/C21H15NO3/c1-13-19(21(24)25)17-10-4-5-12-18(17)22(13)20(23)16-11-6-8-14-7-2-3-9-15(14)16/h2-12H,1H3,(H,24,25). The zero-order chi connectivity index (χ0) is 17.6. The van der Waals surface area contributed by atoms with E-state index in [2.05, 4.69) is 0 Å². The van der Waals surface area contributed by atoms with Crippen LogP contribution in [0, 0.1) is 6.92 Å². The molecule has 1 aromatic heterocycles. The molecule has 1 heterocycles. The summed E-state index contributed by atoms with van der Waals surface area (Å²) in [7, 11) is 0. The lowest BCUT2D eigenvalue weighted by molar-refractivity contribution is 0.0698.